The highest BCUT2D eigenvalue weighted by molar-refractivity contribution is 5.95. The Morgan fingerprint density at radius 1 is 1.48 bits per heavy atom. The molecule has 0 aromatic carbocycles. The van der Waals surface area contributed by atoms with Crippen LogP contribution in [-0.2, 0) is 6.42 Å². The molecule has 118 valence electrons. The van der Waals surface area contributed by atoms with E-state index in [1.165, 1.54) is 12.8 Å². The Hall–Kier alpha value is -1.20. The first-order valence-electron chi connectivity index (χ1n) is 7.52. The molecule has 1 fully saturated rings. The number of nitrogens with one attached hydrogen (secondary N) is 2. The van der Waals surface area contributed by atoms with Gasteiger partial charge in [-0.25, -0.2) is 0 Å². The molecule has 6 heteroatoms. The predicted molar refractivity (Wildman–Crippen MR) is 85.9 cm³/mol. The van der Waals surface area contributed by atoms with E-state index in [1.807, 2.05) is 19.9 Å². The van der Waals surface area contributed by atoms with Gasteiger partial charge in [0.15, 0.2) is 0 Å². The molecule has 1 aromatic heterocycles. The van der Waals surface area contributed by atoms with Crippen LogP contribution in [0, 0.1) is 12.8 Å². The molecule has 1 atom stereocenters. The highest BCUT2D eigenvalue weighted by Crippen LogP contribution is 2.13. The lowest BCUT2D eigenvalue weighted by Crippen LogP contribution is -2.33. The van der Waals surface area contributed by atoms with Crippen molar-refractivity contribution < 1.29 is 4.79 Å². The third-order valence-corrected chi connectivity index (χ3v) is 3.81. The number of carbonyl (C=O) groups excluding carboxylic acids is 1. The molecule has 0 spiro atoms. The van der Waals surface area contributed by atoms with Gasteiger partial charge in [-0.15, -0.1) is 12.4 Å². The number of piperidine rings is 1. The Morgan fingerprint density at radius 2 is 2.29 bits per heavy atom. The number of halogens is 1. The number of aromatic nitrogens is 2. The largest absolute Gasteiger partial charge is 0.352 e. The molecular formula is C15H25ClN4O. The van der Waals surface area contributed by atoms with Crippen molar-refractivity contribution in [3.05, 3.63) is 23.0 Å². The molecule has 2 rings (SSSR count). The molecule has 1 saturated heterocycles. The first-order valence-corrected chi connectivity index (χ1v) is 7.52. The molecule has 0 bridgehead atoms. The van der Waals surface area contributed by atoms with Gasteiger partial charge in [-0.05, 0) is 57.7 Å². The zero-order valence-corrected chi connectivity index (χ0v) is 13.6. The lowest BCUT2D eigenvalue weighted by Gasteiger charge is -2.22. The van der Waals surface area contributed by atoms with Gasteiger partial charge in [0.1, 0.15) is 0 Å². The van der Waals surface area contributed by atoms with Gasteiger partial charge in [-0.3, -0.25) is 4.79 Å². The molecule has 1 aliphatic rings. The fourth-order valence-electron chi connectivity index (χ4n) is 2.63. The summed E-state index contributed by atoms with van der Waals surface area (Å²) in [5.41, 5.74) is 2.22. The van der Waals surface area contributed by atoms with Crippen LogP contribution in [0.15, 0.2) is 6.07 Å². The lowest BCUT2D eigenvalue weighted by atomic mass is 9.96. The van der Waals surface area contributed by atoms with Gasteiger partial charge < -0.3 is 10.6 Å². The fourth-order valence-corrected chi connectivity index (χ4v) is 2.63. The Labute approximate surface area is 132 Å². The van der Waals surface area contributed by atoms with Gasteiger partial charge in [-0.2, -0.15) is 10.2 Å². The monoisotopic (exact) mass is 312 g/mol. The van der Waals surface area contributed by atoms with Crippen LogP contribution < -0.4 is 10.6 Å². The van der Waals surface area contributed by atoms with E-state index in [-0.39, 0.29) is 18.3 Å². The van der Waals surface area contributed by atoms with Crippen LogP contribution in [-0.4, -0.2) is 35.7 Å². The van der Waals surface area contributed by atoms with E-state index in [2.05, 4.69) is 20.8 Å². The maximum atomic E-state index is 12.2. The average molecular weight is 313 g/mol. The van der Waals surface area contributed by atoms with Crippen molar-refractivity contribution in [2.75, 3.05) is 19.6 Å². The lowest BCUT2D eigenvalue weighted by molar-refractivity contribution is 0.0949. The minimum absolute atomic E-state index is 0. The van der Waals surface area contributed by atoms with Gasteiger partial charge in [-0.1, -0.05) is 6.92 Å². The van der Waals surface area contributed by atoms with Crippen LogP contribution in [0.5, 0.6) is 0 Å². The maximum absolute atomic E-state index is 12.2. The summed E-state index contributed by atoms with van der Waals surface area (Å²) >= 11 is 0. The second-order valence-electron chi connectivity index (χ2n) is 5.46. The minimum atomic E-state index is -0.0244. The first kappa shape index (κ1) is 17.9. The standard InChI is InChI=1S/C15H24N4O.ClH/c1-3-14-13(9-11(2)18-19-14)15(20)17-8-6-12-5-4-7-16-10-12;/h9,12,16H,3-8,10H2,1-2H3,(H,17,20);1H. The summed E-state index contributed by atoms with van der Waals surface area (Å²) in [7, 11) is 0. The first-order chi connectivity index (χ1) is 9.70. The van der Waals surface area contributed by atoms with E-state index in [4.69, 9.17) is 0 Å². The highest BCUT2D eigenvalue weighted by Gasteiger charge is 2.15. The van der Waals surface area contributed by atoms with Crippen molar-refractivity contribution in [1.82, 2.24) is 20.8 Å². The number of rotatable bonds is 5. The van der Waals surface area contributed by atoms with Crippen molar-refractivity contribution in [3.63, 3.8) is 0 Å². The van der Waals surface area contributed by atoms with Gasteiger partial charge in [0, 0.05) is 6.54 Å². The Balaban J connectivity index is 0.00000220. The van der Waals surface area contributed by atoms with Crippen LogP contribution in [0.4, 0.5) is 0 Å². The topological polar surface area (TPSA) is 66.9 Å². The molecule has 5 nitrogen and oxygen atoms in total. The van der Waals surface area contributed by atoms with Crippen LogP contribution in [0.2, 0.25) is 0 Å². The average Bonchev–Trinajstić information content (AvgIpc) is 2.48. The van der Waals surface area contributed by atoms with Gasteiger partial charge in [0.2, 0.25) is 0 Å². The summed E-state index contributed by atoms with van der Waals surface area (Å²) in [6.45, 7) is 6.78. The van der Waals surface area contributed by atoms with E-state index < -0.39 is 0 Å². The molecule has 2 heterocycles. The van der Waals surface area contributed by atoms with E-state index in [0.717, 1.165) is 43.9 Å². The van der Waals surface area contributed by atoms with E-state index in [1.54, 1.807) is 0 Å². The van der Waals surface area contributed by atoms with Gasteiger partial charge in [0.05, 0.1) is 17.0 Å². The van der Waals surface area contributed by atoms with Crippen LogP contribution in [0.3, 0.4) is 0 Å². The SMILES string of the molecule is CCc1nnc(C)cc1C(=O)NCCC1CCCNC1.Cl. The summed E-state index contributed by atoms with van der Waals surface area (Å²) in [4.78, 5) is 12.2. The van der Waals surface area contributed by atoms with Gasteiger partial charge in [0.25, 0.3) is 5.91 Å². The van der Waals surface area contributed by atoms with E-state index in [0.29, 0.717) is 11.5 Å². The Kier molecular flexibility index (Phi) is 7.61. The molecule has 1 aromatic rings. The van der Waals surface area contributed by atoms with Crippen molar-refractivity contribution in [1.29, 1.82) is 0 Å². The summed E-state index contributed by atoms with van der Waals surface area (Å²) in [5, 5.41) is 14.5. The van der Waals surface area contributed by atoms with Crippen LogP contribution >= 0.6 is 12.4 Å². The van der Waals surface area contributed by atoms with Crippen LogP contribution in [0.1, 0.15) is 47.9 Å². The zero-order valence-electron chi connectivity index (χ0n) is 12.8. The van der Waals surface area contributed by atoms with Gasteiger partial charge >= 0.3 is 0 Å². The molecule has 2 N–H and O–H groups in total. The molecule has 1 amide bonds. The second kappa shape index (κ2) is 8.95. The number of nitrogens with zero attached hydrogens (tertiary/aromatic N) is 2. The molecule has 0 aliphatic carbocycles. The quantitative estimate of drug-likeness (QED) is 0.871. The smallest absolute Gasteiger partial charge is 0.253 e. The molecular weight excluding hydrogens is 288 g/mol. The van der Waals surface area contributed by atoms with E-state index >= 15 is 0 Å². The van der Waals surface area contributed by atoms with Crippen molar-refractivity contribution in [2.24, 2.45) is 5.92 Å². The molecule has 21 heavy (non-hydrogen) atoms. The van der Waals surface area contributed by atoms with Crippen molar-refractivity contribution in [2.45, 2.75) is 39.5 Å². The minimum Gasteiger partial charge on any atom is -0.352 e. The van der Waals surface area contributed by atoms with E-state index in [9.17, 15) is 4.79 Å². The zero-order chi connectivity index (χ0) is 14.4. The number of hydrogen-bond acceptors (Lipinski definition) is 4. The fraction of sp³-hybridized carbons (Fsp3) is 0.667. The molecule has 1 aliphatic heterocycles. The molecule has 0 radical (unpaired) electrons. The summed E-state index contributed by atoms with van der Waals surface area (Å²) in [6, 6.07) is 1.82. The summed E-state index contributed by atoms with van der Waals surface area (Å²) in [5.74, 6) is 0.663. The predicted octanol–water partition coefficient (Wildman–Crippen LogP) is 1.89. The number of amides is 1. The Bertz CT molecular complexity index is 461. The Morgan fingerprint density at radius 3 is 2.95 bits per heavy atom. The summed E-state index contributed by atoms with van der Waals surface area (Å²) in [6.07, 6.45) is 4.27. The molecule has 0 saturated carbocycles. The van der Waals surface area contributed by atoms with Crippen LogP contribution in [0.25, 0.3) is 0 Å². The summed E-state index contributed by atoms with van der Waals surface area (Å²) < 4.78 is 0. The third kappa shape index (κ3) is 5.25. The number of aryl methyl sites for hydroxylation is 2. The number of hydrogen-bond donors (Lipinski definition) is 2. The highest BCUT2D eigenvalue weighted by atomic mass is 35.5. The van der Waals surface area contributed by atoms with Crippen molar-refractivity contribution >= 4 is 18.3 Å². The second-order valence-corrected chi connectivity index (χ2v) is 5.46. The van der Waals surface area contributed by atoms with Crippen molar-refractivity contribution in [3.8, 4) is 0 Å². The normalized spacial score (nSPS) is 17.9. The molecule has 1 unspecified atom stereocenters. The maximum Gasteiger partial charge on any atom is 0.253 e. The third-order valence-electron chi connectivity index (χ3n) is 3.81. The number of carbonyl (C=O) groups is 1.